The molecule has 1 saturated carbocycles. The summed E-state index contributed by atoms with van der Waals surface area (Å²) in [5, 5.41) is 3.45. The molecule has 1 aliphatic carbocycles. The Morgan fingerprint density at radius 1 is 1.26 bits per heavy atom. The van der Waals surface area contributed by atoms with Gasteiger partial charge in [0.05, 0.1) is 0 Å². The van der Waals surface area contributed by atoms with E-state index in [1.807, 2.05) is 19.2 Å². The number of nitrogens with one attached hydrogen (secondary N) is 1. The van der Waals surface area contributed by atoms with Crippen molar-refractivity contribution in [2.75, 3.05) is 7.05 Å². The predicted molar refractivity (Wildman–Crippen MR) is 78.6 cm³/mol. The van der Waals surface area contributed by atoms with Gasteiger partial charge in [-0.3, -0.25) is 0 Å². The van der Waals surface area contributed by atoms with Gasteiger partial charge in [-0.2, -0.15) is 0 Å². The van der Waals surface area contributed by atoms with E-state index >= 15 is 0 Å². The van der Waals surface area contributed by atoms with E-state index in [0.717, 1.165) is 29.7 Å². The molecule has 2 heteroatoms. The fraction of sp³-hybridized carbons (Fsp3) is 0.647. The summed E-state index contributed by atoms with van der Waals surface area (Å²) in [6, 6.07) is 7.49. The number of benzene rings is 1. The average Bonchev–Trinajstić information content (AvgIpc) is 2.39. The van der Waals surface area contributed by atoms with E-state index in [1.165, 1.54) is 25.3 Å². The summed E-state index contributed by atoms with van der Waals surface area (Å²) >= 11 is 0. The maximum atomic E-state index is 13.3. The summed E-state index contributed by atoms with van der Waals surface area (Å²) in [7, 11) is 2.03. The number of likely N-dealkylation sites (N-methyl/N-ethyl adjacent to an activating group) is 1. The Hall–Kier alpha value is -0.890. The Balaban J connectivity index is 2.00. The fourth-order valence-corrected chi connectivity index (χ4v) is 3.38. The van der Waals surface area contributed by atoms with Crippen molar-refractivity contribution in [3.8, 4) is 0 Å². The van der Waals surface area contributed by atoms with Crippen molar-refractivity contribution in [2.24, 2.45) is 17.8 Å². The maximum Gasteiger partial charge on any atom is 0.123 e. The van der Waals surface area contributed by atoms with Gasteiger partial charge in [0.2, 0.25) is 0 Å². The van der Waals surface area contributed by atoms with Crippen LogP contribution in [0.4, 0.5) is 4.39 Å². The summed E-state index contributed by atoms with van der Waals surface area (Å²) in [5.74, 6) is 2.25. The lowest BCUT2D eigenvalue weighted by molar-refractivity contribution is 0.173. The summed E-state index contributed by atoms with van der Waals surface area (Å²) in [4.78, 5) is 0. The Bertz CT molecular complexity index is 404. The lowest BCUT2D eigenvalue weighted by atomic mass is 9.72. The van der Waals surface area contributed by atoms with Crippen LogP contribution < -0.4 is 5.32 Å². The lowest BCUT2D eigenvalue weighted by Crippen LogP contribution is -2.39. The normalized spacial score (nSPS) is 29.2. The van der Waals surface area contributed by atoms with E-state index < -0.39 is 0 Å². The van der Waals surface area contributed by atoms with Crippen LogP contribution in [0.3, 0.4) is 0 Å². The molecule has 0 amide bonds. The van der Waals surface area contributed by atoms with E-state index in [4.69, 9.17) is 0 Å². The molecular weight excluding hydrogens is 237 g/mol. The van der Waals surface area contributed by atoms with Crippen molar-refractivity contribution >= 4 is 0 Å². The monoisotopic (exact) mass is 263 g/mol. The molecule has 0 aliphatic heterocycles. The molecule has 1 nitrogen and oxygen atoms in total. The summed E-state index contributed by atoms with van der Waals surface area (Å²) < 4.78 is 13.3. The first-order valence-corrected chi connectivity index (χ1v) is 7.52. The zero-order chi connectivity index (χ0) is 13.8. The molecule has 1 aromatic rings. The first kappa shape index (κ1) is 14.5. The van der Waals surface area contributed by atoms with Crippen LogP contribution in [-0.2, 0) is 6.42 Å². The standard InChI is InChI=1S/C17H26FN/c1-12-7-8-15(9-13(12)2)17(19-3)11-14-5-4-6-16(18)10-14/h4-6,10,12-13,15,17,19H,7-9,11H2,1-3H3. The van der Waals surface area contributed by atoms with Gasteiger partial charge in [-0.25, -0.2) is 4.39 Å². The van der Waals surface area contributed by atoms with Gasteiger partial charge in [0.15, 0.2) is 0 Å². The van der Waals surface area contributed by atoms with Crippen LogP contribution in [0.5, 0.6) is 0 Å². The van der Waals surface area contributed by atoms with Gasteiger partial charge in [0.25, 0.3) is 0 Å². The van der Waals surface area contributed by atoms with E-state index in [1.54, 1.807) is 6.07 Å². The molecule has 0 heterocycles. The molecular formula is C17H26FN. The highest BCUT2D eigenvalue weighted by Gasteiger charge is 2.29. The number of halogens is 1. The second-order valence-electron chi connectivity index (χ2n) is 6.26. The smallest absolute Gasteiger partial charge is 0.123 e. The maximum absolute atomic E-state index is 13.3. The van der Waals surface area contributed by atoms with E-state index in [0.29, 0.717) is 6.04 Å². The topological polar surface area (TPSA) is 12.0 Å². The van der Waals surface area contributed by atoms with Gasteiger partial charge in [0.1, 0.15) is 5.82 Å². The van der Waals surface area contributed by atoms with Crippen molar-refractivity contribution in [3.63, 3.8) is 0 Å². The van der Waals surface area contributed by atoms with E-state index in [9.17, 15) is 4.39 Å². The highest BCUT2D eigenvalue weighted by Crippen LogP contribution is 2.35. The zero-order valence-electron chi connectivity index (χ0n) is 12.3. The molecule has 4 atom stereocenters. The van der Waals surface area contributed by atoms with Crippen molar-refractivity contribution in [3.05, 3.63) is 35.6 Å². The van der Waals surface area contributed by atoms with E-state index in [2.05, 4.69) is 19.2 Å². The summed E-state index contributed by atoms with van der Waals surface area (Å²) in [6.45, 7) is 4.73. The van der Waals surface area contributed by atoms with Crippen LogP contribution in [0.1, 0.15) is 38.7 Å². The third kappa shape index (κ3) is 3.79. The average molecular weight is 263 g/mol. The molecule has 0 aromatic heterocycles. The van der Waals surface area contributed by atoms with Crippen LogP contribution in [0.2, 0.25) is 0 Å². The molecule has 2 rings (SSSR count). The van der Waals surface area contributed by atoms with Gasteiger partial charge >= 0.3 is 0 Å². The number of hydrogen-bond donors (Lipinski definition) is 1. The summed E-state index contributed by atoms with van der Waals surface area (Å²) in [6.07, 6.45) is 4.85. The molecule has 1 N–H and O–H groups in total. The summed E-state index contributed by atoms with van der Waals surface area (Å²) in [5.41, 5.74) is 1.10. The van der Waals surface area contributed by atoms with Gasteiger partial charge in [-0.15, -0.1) is 0 Å². The van der Waals surface area contributed by atoms with Gasteiger partial charge in [0, 0.05) is 6.04 Å². The molecule has 1 fully saturated rings. The number of rotatable bonds is 4. The molecule has 0 radical (unpaired) electrons. The molecule has 0 bridgehead atoms. The minimum atomic E-state index is -0.127. The Labute approximate surface area is 116 Å². The third-order valence-electron chi connectivity index (χ3n) is 4.92. The molecule has 0 spiro atoms. The quantitative estimate of drug-likeness (QED) is 0.865. The van der Waals surface area contributed by atoms with Crippen molar-refractivity contribution < 1.29 is 4.39 Å². The van der Waals surface area contributed by atoms with E-state index in [-0.39, 0.29) is 5.82 Å². The van der Waals surface area contributed by atoms with Gasteiger partial charge in [-0.05, 0) is 61.8 Å². The third-order valence-corrected chi connectivity index (χ3v) is 4.92. The first-order valence-electron chi connectivity index (χ1n) is 7.52. The number of hydrogen-bond acceptors (Lipinski definition) is 1. The minimum absolute atomic E-state index is 0.127. The Morgan fingerprint density at radius 2 is 2.05 bits per heavy atom. The Kier molecular flexibility index (Phi) is 4.98. The van der Waals surface area contributed by atoms with Crippen molar-refractivity contribution in [2.45, 2.75) is 45.6 Å². The highest BCUT2D eigenvalue weighted by atomic mass is 19.1. The van der Waals surface area contributed by atoms with Crippen LogP contribution in [-0.4, -0.2) is 13.1 Å². The molecule has 1 aromatic carbocycles. The second kappa shape index (κ2) is 6.51. The predicted octanol–water partition coefficient (Wildman–Crippen LogP) is 4.03. The van der Waals surface area contributed by atoms with Crippen molar-refractivity contribution in [1.29, 1.82) is 0 Å². The second-order valence-corrected chi connectivity index (χ2v) is 6.26. The first-order chi connectivity index (χ1) is 9.10. The SMILES string of the molecule is CNC(Cc1cccc(F)c1)C1CCC(C)C(C)C1. The van der Waals surface area contributed by atoms with Crippen LogP contribution in [0, 0.1) is 23.6 Å². The lowest BCUT2D eigenvalue weighted by Gasteiger charge is -2.36. The van der Waals surface area contributed by atoms with Gasteiger partial charge in [-0.1, -0.05) is 32.4 Å². The van der Waals surface area contributed by atoms with Gasteiger partial charge < -0.3 is 5.32 Å². The van der Waals surface area contributed by atoms with Crippen molar-refractivity contribution in [1.82, 2.24) is 5.32 Å². The molecule has 19 heavy (non-hydrogen) atoms. The fourth-order valence-electron chi connectivity index (χ4n) is 3.38. The highest BCUT2D eigenvalue weighted by molar-refractivity contribution is 5.17. The van der Waals surface area contributed by atoms with Crippen LogP contribution in [0.25, 0.3) is 0 Å². The Morgan fingerprint density at radius 3 is 2.68 bits per heavy atom. The largest absolute Gasteiger partial charge is 0.316 e. The molecule has 106 valence electrons. The molecule has 4 unspecified atom stereocenters. The molecule has 0 saturated heterocycles. The minimum Gasteiger partial charge on any atom is -0.316 e. The van der Waals surface area contributed by atoms with Crippen LogP contribution >= 0.6 is 0 Å². The zero-order valence-corrected chi connectivity index (χ0v) is 12.3. The molecule has 1 aliphatic rings. The van der Waals surface area contributed by atoms with Crippen LogP contribution in [0.15, 0.2) is 24.3 Å².